The molecule has 0 unspecified atom stereocenters. The molecule has 0 aliphatic carbocycles. The molecule has 2 aromatic carbocycles. The zero-order valence-electron chi connectivity index (χ0n) is 14.6. The van der Waals surface area contributed by atoms with Crippen LogP contribution < -0.4 is 5.32 Å². The summed E-state index contributed by atoms with van der Waals surface area (Å²) in [5.74, 6) is 0.108. The third kappa shape index (κ3) is 3.25. The number of halogens is 2. The molecule has 1 amide bonds. The van der Waals surface area contributed by atoms with E-state index in [0.29, 0.717) is 43.2 Å². The van der Waals surface area contributed by atoms with Crippen LogP contribution in [0.15, 0.2) is 65.3 Å². The second kappa shape index (κ2) is 7.15. The lowest BCUT2D eigenvalue weighted by atomic mass is 10.2. The van der Waals surface area contributed by atoms with E-state index in [1.165, 1.54) is 11.3 Å². The van der Waals surface area contributed by atoms with E-state index in [9.17, 15) is 4.79 Å². The van der Waals surface area contributed by atoms with Crippen molar-refractivity contribution in [2.24, 2.45) is 0 Å². The minimum atomic E-state index is -0.284. The first-order valence-corrected chi connectivity index (χ1v) is 10.2. The largest absolute Gasteiger partial charge is 0.436 e. The first kappa shape index (κ1) is 18.1. The minimum absolute atomic E-state index is 0.284. The first-order chi connectivity index (χ1) is 14.1. The summed E-state index contributed by atoms with van der Waals surface area (Å²) in [6.45, 7) is 0. The Morgan fingerprint density at radius 2 is 1.97 bits per heavy atom. The number of hydrogen-bond donors (Lipinski definition) is 1. The lowest BCUT2D eigenvalue weighted by molar-refractivity contribution is 0.103. The number of fused-ring (bicyclic) bond motifs is 2. The van der Waals surface area contributed by atoms with Crippen LogP contribution in [0, 0.1) is 0 Å². The van der Waals surface area contributed by atoms with Crippen LogP contribution >= 0.6 is 34.5 Å². The van der Waals surface area contributed by atoms with Gasteiger partial charge in [-0.05, 0) is 24.3 Å². The average molecular weight is 440 g/mol. The van der Waals surface area contributed by atoms with Crippen LogP contribution in [0.2, 0.25) is 10.0 Å². The highest BCUT2D eigenvalue weighted by molar-refractivity contribution is 7.21. The monoisotopic (exact) mass is 439 g/mol. The Labute approximate surface area is 178 Å². The van der Waals surface area contributed by atoms with Gasteiger partial charge in [0.15, 0.2) is 5.58 Å². The van der Waals surface area contributed by atoms with Crippen molar-refractivity contribution in [3.63, 3.8) is 0 Å². The number of rotatable bonds is 3. The number of carbonyl (C=O) groups is 1. The molecule has 1 N–H and O–H groups in total. The number of anilines is 1. The van der Waals surface area contributed by atoms with Crippen molar-refractivity contribution in [3.05, 3.63) is 75.8 Å². The topological polar surface area (TPSA) is 68.0 Å². The summed E-state index contributed by atoms with van der Waals surface area (Å²) in [6, 6.07) is 14.5. The van der Waals surface area contributed by atoms with Gasteiger partial charge < -0.3 is 9.73 Å². The van der Waals surface area contributed by atoms with Crippen LogP contribution in [0.4, 0.5) is 5.69 Å². The van der Waals surface area contributed by atoms with Gasteiger partial charge in [-0.1, -0.05) is 41.4 Å². The second-order valence-electron chi connectivity index (χ2n) is 6.25. The molecule has 29 heavy (non-hydrogen) atoms. The summed E-state index contributed by atoms with van der Waals surface area (Å²) in [4.78, 5) is 21.6. The Morgan fingerprint density at radius 1 is 1.10 bits per heavy atom. The summed E-state index contributed by atoms with van der Waals surface area (Å²) < 4.78 is 6.70. The quantitative estimate of drug-likeness (QED) is 0.341. The number of nitrogens with one attached hydrogen (secondary N) is 1. The minimum Gasteiger partial charge on any atom is -0.436 e. The Balaban J connectivity index is 1.44. The van der Waals surface area contributed by atoms with Gasteiger partial charge >= 0.3 is 0 Å². The summed E-state index contributed by atoms with van der Waals surface area (Å²) >= 11 is 14.2. The van der Waals surface area contributed by atoms with Crippen LogP contribution in [0.3, 0.4) is 0 Å². The van der Waals surface area contributed by atoms with Crippen LogP contribution in [0.1, 0.15) is 9.67 Å². The number of thiophene rings is 1. The van der Waals surface area contributed by atoms with Crippen LogP contribution in [0.5, 0.6) is 0 Å². The smallest absolute Gasteiger partial charge is 0.267 e. The van der Waals surface area contributed by atoms with E-state index in [-0.39, 0.29) is 5.91 Å². The van der Waals surface area contributed by atoms with Gasteiger partial charge in [0.1, 0.15) is 10.4 Å². The van der Waals surface area contributed by atoms with Crippen molar-refractivity contribution in [2.75, 3.05) is 5.32 Å². The molecule has 3 heterocycles. The lowest BCUT2D eigenvalue weighted by Gasteiger charge is -2.06. The molecule has 0 spiro atoms. The Morgan fingerprint density at radius 3 is 2.76 bits per heavy atom. The van der Waals surface area contributed by atoms with Crippen LogP contribution in [-0.2, 0) is 0 Å². The second-order valence-corrected chi connectivity index (χ2v) is 8.09. The Hall–Kier alpha value is -2.93. The fourth-order valence-electron chi connectivity index (χ4n) is 3.01. The van der Waals surface area contributed by atoms with Crippen molar-refractivity contribution in [1.29, 1.82) is 0 Å². The summed E-state index contributed by atoms with van der Waals surface area (Å²) in [5, 5.41) is 4.57. The van der Waals surface area contributed by atoms with E-state index in [4.69, 9.17) is 27.6 Å². The summed E-state index contributed by atoms with van der Waals surface area (Å²) in [5.41, 5.74) is 2.45. The number of oxazole rings is 1. The predicted molar refractivity (Wildman–Crippen MR) is 117 cm³/mol. The molecule has 0 saturated heterocycles. The summed E-state index contributed by atoms with van der Waals surface area (Å²) in [6.07, 6.45) is 3.26. The van der Waals surface area contributed by atoms with Crippen molar-refractivity contribution < 1.29 is 9.21 Å². The third-order valence-electron chi connectivity index (χ3n) is 4.39. The molecule has 0 bridgehead atoms. The molecule has 0 saturated carbocycles. The van der Waals surface area contributed by atoms with E-state index in [0.717, 1.165) is 10.1 Å². The van der Waals surface area contributed by atoms with Crippen molar-refractivity contribution in [1.82, 2.24) is 9.97 Å². The number of pyridine rings is 1. The first-order valence-electron chi connectivity index (χ1n) is 8.59. The maximum absolute atomic E-state index is 12.7. The molecule has 5 nitrogen and oxygen atoms in total. The van der Waals surface area contributed by atoms with Gasteiger partial charge in [0.2, 0.25) is 5.89 Å². The number of benzene rings is 2. The molecule has 0 fully saturated rings. The van der Waals surface area contributed by atoms with Crippen molar-refractivity contribution in [3.8, 4) is 11.5 Å². The van der Waals surface area contributed by atoms with Crippen molar-refractivity contribution in [2.45, 2.75) is 0 Å². The van der Waals surface area contributed by atoms with Gasteiger partial charge in [0, 0.05) is 28.0 Å². The van der Waals surface area contributed by atoms with Gasteiger partial charge in [0.05, 0.1) is 21.8 Å². The van der Waals surface area contributed by atoms with E-state index in [2.05, 4.69) is 15.3 Å². The molecule has 5 rings (SSSR count). The van der Waals surface area contributed by atoms with E-state index in [1.54, 1.807) is 36.7 Å². The third-order valence-corrected chi connectivity index (χ3v) is 6.38. The SMILES string of the molecule is O=C(Nc1ccc(-c2nc3cnccc3o2)c(Cl)c1)c1sc2ccccc2c1Cl. The highest BCUT2D eigenvalue weighted by Crippen LogP contribution is 2.36. The van der Waals surface area contributed by atoms with Gasteiger partial charge in [-0.25, -0.2) is 4.98 Å². The zero-order valence-corrected chi connectivity index (χ0v) is 17.0. The van der Waals surface area contributed by atoms with Gasteiger partial charge in [-0.15, -0.1) is 11.3 Å². The highest BCUT2D eigenvalue weighted by atomic mass is 35.5. The zero-order chi connectivity index (χ0) is 20.0. The molecular weight excluding hydrogens is 429 g/mol. The molecule has 8 heteroatoms. The molecular formula is C21H11Cl2N3O2S. The number of amides is 1. The number of aromatic nitrogens is 2. The fraction of sp³-hybridized carbons (Fsp3) is 0. The highest BCUT2D eigenvalue weighted by Gasteiger charge is 2.18. The standard InChI is InChI=1S/C21H11Cl2N3O2S/c22-14-9-11(5-6-12(14)21-26-15-10-24-8-7-16(15)28-21)25-20(27)19-18(23)13-3-1-2-4-17(13)29-19/h1-10H,(H,25,27). The Kier molecular flexibility index (Phi) is 4.47. The summed E-state index contributed by atoms with van der Waals surface area (Å²) in [7, 11) is 0. The van der Waals surface area contributed by atoms with Gasteiger partial charge in [-0.3, -0.25) is 9.78 Å². The van der Waals surface area contributed by atoms with Gasteiger partial charge in [-0.2, -0.15) is 0 Å². The Bertz CT molecular complexity index is 1360. The molecule has 0 atom stereocenters. The molecule has 5 aromatic rings. The van der Waals surface area contributed by atoms with Gasteiger partial charge in [0.25, 0.3) is 5.91 Å². The number of nitrogens with zero attached hydrogens (tertiary/aromatic N) is 2. The molecule has 0 aliphatic heterocycles. The normalized spacial score (nSPS) is 11.2. The fourth-order valence-corrected chi connectivity index (χ4v) is 4.68. The lowest BCUT2D eigenvalue weighted by Crippen LogP contribution is -2.10. The predicted octanol–water partition coefficient (Wildman–Crippen LogP) is 6.66. The van der Waals surface area contributed by atoms with E-state index in [1.807, 2.05) is 24.3 Å². The number of carbonyl (C=O) groups excluding carboxylic acids is 1. The molecule has 0 radical (unpaired) electrons. The molecule has 0 aliphatic rings. The van der Waals surface area contributed by atoms with Crippen LogP contribution in [0.25, 0.3) is 32.6 Å². The van der Waals surface area contributed by atoms with Crippen molar-refractivity contribution >= 4 is 67.3 Å². The molecule has 142 valence electrons. The van der Waals surface area contributed by atoms with Crippen LogP contribution in [-0.4, -0.2) is 15.9 Å². The maximum Gasteiger partial charge on any atom is 0.267 e. The van der Waals surface area contributed by atoms with E-state index < -0.39 is 0 Å². The number of hydrogen-bond acceptors (Lipinski definition) is 5. The average Bonchev–Trinajstić information content (AvgIpc) is 3.29. The molecule has 3 aromatic heterocycles. The maximum atomic E-state index is 12.7. The van der Waals surface area contributed by atoms with E-state index >= 15 is 0 Å².